The fourth-order valence-electron chi connectivity index (χ4n) is 1.52. The molecule has 0 saturated heterocycles. The molecule has 0 fully saturated rings. The number of methoxy groups -OCH3 is 1. The molecule has 3 N–H and O–H groups in total. The van der Waals surface area contributed by atoms with E-state index in [1.54, 1.807) is 0 Å². The summed E-state index contributed by atoms with van der Waals surface area (Å²) >= 11 is 5.47. The Hall–Kier alpha value is -2.00. The van der Waals surface area contributed by atoms with Gasteiger partial charge in [0.1, 0.15) is 0 Å². The number of urea groups is 1. The van der Waals surface area contributed by atoms with Crippen LogP contribution in [0.2, 0.25) is 5.02 Å². The van der Waals surface area contributed by atoms with Crippen LogP contribution in [-0.2, 0) is 15.7 Å². The Morgan fingerprint density at radius 1 is 1.26 bits per heavy atom. The lowest BCUT2D eigenvalue weighted by atomic mass is 10.2. The predicted octanol–water partition coefficient (Wildman–Crippen LogP) is 2.24. The van der Waals surface area contributed by atoms with Crippen molar-refractivity contribution in [3.05, 3.63) is 28.8 Å². The topological polar surface area (TPSA) is 79.5 Å². The molecule has 0 heterocycles. The number of halogens is 4. The summed E-state index contributed by atoms with van der Waals surface area (Å²) < 4.78 is 42.8. The third-order valence-electron chi connectivity index (χ3n) is 2.56. The van der Waals surface area contributed by atoms with Crippen molar-refractivity contribution in [2.45, 2.75) is 6.18 Å². The molecule has 6 nitrogen and oxygen atoms in total. The predicted molar refractivity (Wildman–Crippen MR) is 78.4 cm³/mol. The van der Waals surface area contributed by atoms with Gasteiger partial charge < -0.3 is 20.7 Å². The van der Waals surface area contributed by atoms with Crippen molar-refractivity contribution in [1.29, 1.82) is 0 Å². The van der Waals surface area contributed by atoms with E-state index in [1.807, 2.05) is 0 Å². The molecule has 0 unspecified atom stereocenters. The van der Waals surface area contributed by atoms with Crippen LogP contribution in [0.5, 0.6) is 0 Å². The lowest BCUT2D eigenvalue weighted by molar-refractivity contribution is -0.137. The number of nitrogens with one attached hydrogen (secondary N) is 3. The van der Waals surface area contributed by atoms with Crippen LogP contribution in [0.3, 0.4) is 0 Å². The zero-order chi connectivity index (χ0) is 17.5. The minimum Gasteiger partial charge on any atom is -0.383 e. The quantitative estimate of drug-likeness (QED) is 0.686. The van der Waals surface area contributed by atoms with E-state index in [-0.39, 0.29) is 12.2 Å². The maximum Gasteiger partial charge on any atom is 0.417 e. The number of carbonyl (C=O) groups is 2. The second-order valence-electron chi connectivity index (χ2n) is 4.34. The summed E-state index contributed by atoms with van der Waals surface area (Å²) in [6.07, 6.45) is -4.63. The molecule has 10 heteroatoms. The average molecular weight is 354 g/mol. The van der Waals surface area contributed by atoms with Gasteiger partial charge in [-0.25, -0.2) is 4.79 Å². The molecule has 0 aliphatic carbocycles. The molecule has 0 radical (unpaired) electrons. The molecule has 128 valence electrons. The molecule has 0 saturated carbocycles. The Balaban J connectivity index is 2.53. The Kier molecular flexibility index (Phi) is 7.11. The van der Waals surface area contributed by atoms with Crippen molar-refractivity contribution < 1.29 is 27.5 Å². The van der Waals surface area contributed by atoms with E-state index < -0.39 is 35.2 Å². The number of anilines is 1. The maximum atomic E-state index is 12.7. The highest BCUT2D eigenvalue weighted by molar-refractivity contribution is 6.31. The van der Waals surface area contributed by atoms with E-state index in [2.05, 4.69) is 16.0 Å². The summed E-state index contributed by atoms with van der Waals surface area (Å²) in [5, 5.41) is 6.44. The van der Waals surface area contributed by atoms with E-state index in [9.17, 15) is 22.8 Å². The Bertz CT molecular complexity index is 567. The lowest BCUT2D eigenvalue weighted by Gasteiger charge is -2.12. The number of alkyl halides is 3. The van der Waals surface area contributed by atoms with Crippen LogP contribution in [0.1, 0.15) is 5.56 Å². The third kappa shape index (κ3) is 6.74. The monoisotopic (exact) mass is 353 g/mol. The van der Waals surface area contributed by atoms with Gasteiger partial charge in [-0.1, -0.05) is 11.6 Å². The van der Waals surface area contributed by atoms with Crippen LogP contribution in [0, 0.1) is 0 Å². The average Bonchev–Trinajstić information content (AvgIpc) is 2.46. The maximum absolute atomic E-state index is 12.7. The van der Waals surface area contributed by atoms with Crippen molar-refractivity contribution >= 4 is 29.2 Å². The molecule has 0 aliphatic rings. The number of hydrogen-bond acceptors (Lipinski definition) is 3. The number of ether oxygens (including phenoxy) is 1. The van der Waals surface area contributed by atoms with Gasteiger partial charge in [0.2, 0.25) is 5.91 Å². The second-order valence-corrected chi connectivity index (χ2v) is 4.75. The molecule has 3 amide bonds. The van der Waals surface area contributed by atoms with E-state index >= 15 is 0 Å². The van der Waals surface area contributed by atoms with Gasteiger partial charge >= 0.3 is 12.2 Å². The smallest absolute Gasteiger partial charge is 0.383 e. The Labute approximate surface area is 135 Å². The van der Waals surface area contributed by atoms with Gasteiger partial charge in [0, 0.05) is 19.3 Å². The first kappa shape index (κ1) is 19.0. The minimum absolute atomic E-state index is 0.0756. The lowest BCUT2D eigenvalue weighted by Crippen LogP contribution is -2.41. The zero-order valence-corrected chi connectivity index (χ0v) is 12.8. The molecule has 0 aliphatic heterocycles. The Morgan fingerprint density at radius 2 is 1.96 bits per heavy atom. The largest absolute Gasteiger partial charge is 0.417 e. The van der Waals surface area contributed by atoms with Crippen molar-refractivity contribution in [2.24, 2.45) is 0 Å². The summed E-state index contributed by atoms with van der Waals surface area (Å²) in [7, 11) is 1.47. The van der Waals surface area contributed by atoms with Crippen LogP contribution < -0.4 is 16.0 Å². The van der Waals surface area contributed by atoms with Gasteiger partial charge in [0.15, 0.2) is 0 Å². The first-order valence-electron chi connectivity index (χ1n) is 6.41. The third-order valence-corrected chi connectivity index (χ3v) is 2.89. The SMILES string of the molecule is COCCNC(=O)NCC(=O)Nc1ccc(Cl)c(C(F)(F)F)c1. The summed E-state index contributed by atoms with van der Waals surface area (Å²) in [6.45, 7) is 0.170. The summed E-state index contributed by atoms with van der Waals surface area (Å²) in [5.41, 5.74) is -1.13. The molecule has 0 bridgehead atoms. The minimum atomic E-state index is -4.63. The molecular weight excluding hydrogens is 339 g/mol. The second kappa shape index (κ2) is 8.59. The van der Waals surface area contributed by atoms with Gasteiger partial charge in [-0.15, -0.1) is 0 Å². The van der Waals surface area contributed by atoms with Crippen molar-refractivity contribution in [2.75, 3.05) is 32.1 Å². The van der Waals surface area contributed by atoms with Crippen LogP contribution in [-0.4, -0.2) is 38.7 Å². The first-order valence-corrected chi connectivity index (χ1v) is 6.79. The molecule has 0 spiro atoms. The number of carbonyl (C=O) groups excluding carboxylic acids is 2. The molecule has 1 aromatic carbocycles. The van der Waals surface area contributed by atoms with E-state index in [1.165, 1.54) is 13.2 Å². The fourth-order valence-corrected chi connectivity index (χ4v) is 1.74. The first-order chi connectivity index (χ1) is 10.7. The molecular formula is C13H15ClF3N3O3. The standard InChI is InChI=1S/C13H15ClF3N3O3/c1-23-5-4-18-12(22)19-7-11(21)20-8-2-3-10(14)9(6-8)13(15,16)17/h2-3,6H,4-5,7H2,1H3,(H,20,21)(H2,18,19,22). The van der Waals surface area contributed by atoms with Gasteiger partial charge in [-0.05, 0) is 18.2 Å². The number of benzene rings is 1. The summed E-state index contributed by atoms with van der Waals surface area (Å²) in [4.78, 5) is 22.9. The molecule has 1 aromatic rings. The highest BCUT2D eigenvalue weighted by Gasteiger charge is 2.33. The Morgan fingerprint density at radius 3 is 2.57 bits per heavy atom. The summed E-state index contributed by atoms with van der Waals surface area (Å²) in [6, 6.07) is 2.39. The number of hydrogen-bond donors (Lipinski definition) is 3. The number of rotatable bonds is 6. The van der Waals surface area contributed by atoms with Crippen molar-refractivity contribution in [3.8, 4) is 0 Å². The van der Waals surface area contributed by atoms with Crippen LogP contribution >= 0.6 is 11.6 Å². The highest BCUT2D eigenvalue weighted by atomic mass is 35.5. The fraction of sp³-hybridized carbons (Fsp3) is 0.385. The van der Waals surface area contributed by atoms with Crippen molar-refractivity contribution in [1.82, 2.24) is 10.6 Å². The van der Waals surface area contributed by atoms with Crippen LogP contribution in [0.4, 0.5) is 23.7 Å². The van der Waals surface area contributed by atoms with E-state index in [0.29, 0.717) is 6.61 Å². The van der Waals surface area contributed by atoms with Gasteiger partial charge in [-0.2, -0.15) is 13.2 Å². The van der Waals surface area contributed by atoms with Gasteiger partial charge in [0.25, 0.3) is 0 Å². The normalized spacial score (nSPS) is 11.0. The van der Waals surface area contributed by atoms with E-state index in [0.717, 1.165) is 12.1 Å². The zero-order valence-electron chi connectivity index (χ0n) is 12.1. The van der Waals surface area contributed by atoms with Crippen LogP contribution in [0.15, 0.2) is 18.2 Å². The van der Waals surface area contributed by atoms with E-state index in [4.69, 9.17) is 16.3 Å². The molecule has 23 heavy (non-hydrogen) atoms. The van der Waals surface area contributed by atoms with Gasteiger partial charge in [0.05, 0.1) is 23.7 Å². The highest BCUT2D eigenvalue weighted by Crippen LogP contribution is 2.36. The molecule has 1 rings (SSSR count). The molecule has 0 atom stereocenters. The van der Waals surface area contributed by atoms with Gasteiger partial charge in [-0.3, -0.25) is 4.79 Å². The van der Waals surface area contributed by atoms with Crippen LogP contribution in [0.25, 0.3) is 0 Å². The van der Waals surface area contributed by atoms with Crippen molar-refractivity contribution in [3.63, 3.8) is 0 Å². The summed E-state index contributed by atoms with van der Waals surface area (Å²) in [5.74, 6) is -0.678. The molecule has 0 aromatic heterocycles. The number of amides is 3.